The Hall–Kier alpha value is -1.95. The molecule has 2 aliphatic heterocycles. The minimum absolute atomic E-state index is 0.0459. The average Bonchev–Trinajstić information content (AvgIpc) is 2.95. The third-order valence-electron chi connectivity index (χ3n) is 4.96. The summed E-state index contributed by atoms with van der Waals surface area (Å²) in [6.45, 7) is 4.36. The average molecular weight is 333 g/mol. The molecule has 3 rings (SSSR count). The van der Waals surface area contributed by atoms with Gasteiger partial charge in [0.05, 0.1) is 5.92 Å². The standard InChI is InChI=1S/C18H24FN3O2/c1-20-8-10-21(11-9-20)18(24)15-12-17(23)22(13-15)7-6-14-2-4-16(19)5-3-14/h2-5,15H,6-13H2,1H3/t15-/m0/s1. The quantitative estimate of drug-likeness (QED) is 0.825. The molecule has 24 heavy (non-hydrogen) atoms. The lowest BCUT2D eigenvalue weighted by molar-refractivity contribution is -0.137. The third-order valence-corrected chi connectivity index (χ3v) is 4.96. The summed E-state index contributed by atoms with van der Waals surface area (Å²) >= 11 is 0. The van der Waals surface area contributed by atoms with Crippen LogP contribution in [0.1, 0.15) is 12.0 Å². The Bertz CT molecular complexity index is 597. The van der Waals surface area contributed by atoms with Crippen LogP contribution in [-0.4, -0.2) is 72.8 Å². The second-order valence-electron chi connectivity index (χ2n) is 6.75. The number of nitrogens with zero attached hydrogens (tertiary/aromatic N) is 3. The van der Waals surface area contributed by atoms with Gasteiger partial charge in [0, 0.05) is 45.7 Å². The molecule has 2 amide bonds. The van der Waals surface area contributed by atoms with E-state index in [2.05, 4.69) is 11.9 Å². The smallest absolute Gasteiger partial charge is 0.228 e. The van der Waals surface area contributed by atoms with Crippen LogP contribution in [0.4, 0.5) is 4.39 Å². The fourth-order valence-electron chi connectivity index (χ4n) is 3.35. The summed E-state index contributed by atoms with van der Waals surface area (Å²) in [5.74, 6) is -0.312. The van der Waals surface area contributed by atoms with Crippen molar-refractivity contribution in [1.82, 2.24) is 14.7 Å². The van der Waals surface area contributed by atoms with Crippen LogP contribution in [0.25, 0.3) is 0 Å². The van der Waals surface area contributed by atoms with Crippen molar-refractivity contribution < 1.29 is 14.0 Å². The molecule has 0 N–H and O–H groups in total. The fraction of sp³-hybridized carbons (Fsp3) is 0.556. The molecule has 5 nitrogen and oxygen atoms in total. The van der Waals surface area contributed by atoms with Crippen LogP contribution in [0.15, 0.2) is 24.3 Å². The molecule has 130 valence electrons. The van der Waals surface area contributed by atoms with E-state index in [9.17, 15) is 14.0 Å². The largest absolute Gasteiger partial charge is 0.342 e. The van der Waals surface area contributed by atoms with E-state index in [1.807, 2.05) is 4.90 Å². The molecule has 6 heteroatoms. The molecule has 0 bridgehead atoms. The summed E-state index contributed by atoms with van der Waals surface area (Å²) in [4.78, 5) is 30.6. The van der Waals surface area contributed by atoms with E-state index in [0.29, 0.717) is 25.9 Å². The van der Waals surface area contributed by atoms with Crippen molar-refractivity contribution in [3.05, 3.63) is 35.6 Å². The SMILES string of the molecule is CN1CCN(C(=O)[C@H]2CC(=O)N(CCc3ccc(F)cc3)C2)CC1. The molecule has 2 fully saturated rings. The first-order chi connectivity index (χ1) is 11.5. The molecule has 1 aromatic rings. The number of hydrogen-bond donors (Lipinski definition) is 0. The maximum atomic E-state index is 12.9. The van der Waals surface area contributed by atoms with Gasteiger partial charge in [-0.3, -0.25) is 9.59 Å². The highest BCUT2D eigenvalue weighted by Crippen LogP contribution is 2.21. The highest BCUT2D eigenvalue weighted by molar-refractivity contribution is 5.89. The normalized spacial score (nSPS) is 22.2. The van der Waals surface area contributed by atoms with Gasteiger partial charge in [0.25, 0.3) is 0 Å². The lowest BCUT2D eigenvalue weighted by Gasteiger charge is -2.33. The number of likely N-dealkylation sites (N-methyl/N-ethyl adjacent to an activating group) is 1. The second-order valence-corrected chi connectivity index (χ2v) is 6.75. The molecule has 0 aromatic heterocycles. The molecule has 0 aliphatic carbocycles. The number of hydrogen-bond acceptors (Lipinski definition) is 3. The van der Waals surface area contributed by atoms with Gasteiger partial charge in [0.2, 0.25) is 11.8 Å². The Morgan fingerprint density at radius 3 is 2.50 bits per heavy atom. The predicted molar refractivity (Wildman–Crippen MR) is 88.9 cm³/mol. The monoisotopic (exact) mass is 333 g/mol. The number of likely N-dealkylation sites (tertiary alicyclic amines) is 1. The van der Waals surface area contributed by atoms with Crippen LogP contribution < -0.4 is 0 Å². The summed E-state index contributed by atoms with van der Waals surface area (Å²) in [5.41, 5.74) is 0.998. The lowest BCUT2D eigenvalue weighted by Crippen LogP contribution is -2.49. The van der Waals surface area contributed by atoms with Gasteiger partial charge in [-0.15, -0.1) is 0 Å². The Balaban J connectivity index is 1.51. The lowest BCUT2D eigenvalue weighted by atomic mass is 10.1. The maximum absolute atomic E-state index is 12.9. The van der Waals surface area contributed by atoms with Crippen LogP contribution in [0.2, 0.25) is 0 Å². The number of carbonyl (C=O) groups excluding carboxylic acids is 2. The van der Waals surface area contributed by atoms with E-state index in [-0.39, 0.29) is 23.5 Å². The maximum Gasteiger partial charge on any atom is 0.228 e. The van der Waals surface area contributed by atoms with Crippen LogP contribution >= 0.6 is 0 Å². The van der Waals surface area contributed by atoms with Crippen molar-refractivity contribution in [1.29, 1.82) is 0 Å². The topological polar surface area (TPSA) is 43.9 Å². The van der Waals surface area contributed by atoms with Gasteiger partial charge in [-0.2, -0.15) is 0 Å². The van der Waals surface area contributed by atoms with Gasteiger partial charge in [-0.25, -0.2) is 4.39 Å². The van der Waals surface area contributed by atoms with E-state index in [1.165, 1.54) is 12.1 Å². The van der Waals surface area contributed by atoms with E-state index < -0.39 is 0 Å². The highest BCUT2D eigenvalue weighted by Gasteiger charge is 2.36. The number of piperazine rings is 1. The Morgan fingerprint density at radius 2 is 1.83 bits per heavy atom. The fourth-order valence-corrected chi connectivity index (χ4v) is 3.35. The summed E-state index contributed by atoms with van der Waals surface area (Å²) in [7, 11) is 2.05. The zero-order valence-electron chi connectivity index (χ0n) is 14.1. The van der Waals surface area contributed by atoms with Crippen molar-refractivity contribution >= 4 is 11.8 Å². The van der Waals surface area contributed by atoms with Gasteiger partial charge in [0.1, 0.15) is 5.82 Å². The summed E-state index contributed by atoms with van der Waals surface area (Å²) in [6, 6.07) is 6.34. The molecular weight excluding hydrogens is 309 g/mol. The Kier molecular flexibility index (Phi) is 5.14. The van der Waals surface area contributed by atoms with E-state index >= 15 is 0 Å². The van der Waals surface area contributed by atoms with Gasteiger partial charge in [-0.1, -0.05) is 12.1 Å². The highest BCUT2D eigenvalue weighted by atomic mass is 19.1. The van der Waals surface area contributed by atoms with E-state index in [1.54, 1.807) is 17.0 Å². The number of rotatable bonds is 4. The molecule has 0 spiro atoms. The van der Waals surface area contributed by atoms with Crippen molar-refractivity contribution in [2.75, 3.05) is 46.3 Å². The second kappa shape index (κ2) is 7.30. The van der Waals surface area contributed by atoms with Crippen LogP contribution in [-0.2, 0) is 16.0 Å². The molecule has 2 aliphatic rings. The van der Waals surface area contributed by atoms with Gasteiger partial charge >= 0.3 is 0 Å². The zero-order chi connectivity index (χ0) is 17.1. The van der Waals surface area contributed by atoms with Crippen molar-refractivity contribution in [2.24, 2.45) is 5.92 Å². The number of carbonyl (C=O) groups is 2. The summed E-state index contributed by atoms with van der Waals surface area (Å²) < 4.78 is 12.9. The number of amides is 2. The molecule has 1 atom stereocenters. The predicted octanol–water partition coefficient (Wildman–Crippen LogP) is 0.991. The third kappa shape index (κ3) is 3.93. The molecule has 2 heterocycles. The molecule has 0 saturated carbocycles. The van der Waals surface area contributed by atoms with Gasteiger partial charge in [-0.05, 0) is 31.2 Å². The van der Waals surface area contributed by atoms with E-state index in [4.69, 9.17) is 0 Å². The summed E-state index contributed by atoms with van der Waals surface area (Å²) in [6.07, 6.45) is 0.996. The summed E-state index contributed by atoms with van der Waals surface area (Å²) in [5, 5.41) is 0. The number of benzene rings is 1. The number of halogens is 1. The molecule has 2 saturated heterocycles. The first-order valence-electron chi connectivity index (χ1n) is 8.52. The Morgan fingerprint density at radius 1 is 1.17 bits per heavy atom. The van der Waals surface area contributed by atoms with Gasteiger partial charge in [0.15, 0.2) is 0 Å². The molecule has 0 radical (unpaired) electrons. The van der Waals surface area contributed by atoms with Crippen molar-refractivity contribution in [3.8, 4) is 0 Å². The molecule has 0 unspecified atom stereocenters. The molecule has 1 aromatic carbocycles. The van der Waals surface area contributed by atoms with Crippen LogP contribution in [0, 0.1) is 11.7 Å². The van der Waals surface area contributed by atoms with E-state index in [0.717, 1.165) is 31.7 Å². The van der Waals surface area contributed by atoms with Gasteiger partial charge < -0.3 is 14.7 Å². The van der Waals surface area contributed by atoms with Crippen molar-refractivity contribution in [2.45, 2.75) is 12.8 Å². The van der Waals surface area contributed by atoms with Crippen molar-refractivity contribution in [3.63, 3.8) is 0 Å². The first-order valence-corrected chi connectivity index (χ1v) is 8.52. The zero-order valence-corrected chi connectivity index (χ0v) is 14.1. The molecular formula is C18H24FN3O2. The minimum atomic E-state index is -0.256. The minimum Gasteiger partial charge on any atom is -0.342 e. The first kappa shape index (κ1) is 16.9. The Labute approximate surface area is 142 Å². The van der Waals surface area contributed by atoms with Crippen LogP contribution in [0.3, 0.4) is 0 Å². The van der Waals surface area contributed by atoms with Crippen LogP contribution in [0.5, 0.6) is 0 Å².